The number of hydrogen-bond acceptors (Lipinski definition) is 5. The van der Waals surface area contributed by atoms with Crippen molar-refractivity contribution < 1.29 is 4.74 Å². The molecule has 0 atom stereocenters. The molecule has 6 nitrogen and oxygen atoms in total. The fourth-order valence-electron chi connectivity index (χ4n) is 2.10. The van der Waals surface area contributed by atoms with Gasteiger partial charge < -0.3 is 10.1 Å². The number of ether oxygens (including phenoxy) is 1. The lowest BCUT2D eigenvalue weighted by atomic mass is 10.2. The Morgan fingerprint density at radius 1 is 1.45 bits per heavy atom. The van der Waals surface area contributed by atoms with Gasteiger partial charge in [-0.25, -0.2) is 4.98 Å². The smallest absolute Gasteiger partial charge is 0.224 e. The number of aliphatic imine (C=N–C) groups is 1. The first-order chi connectivity index (χ1) is 9.83. The number of pyridine rings is 1. The summed E-state index contributed by atoms with van der Waals surface area (Å²) in [4.78, 5) is 8.79. The van der Waals surface area contributed by atoms with E-state index >= 15 is 0 Å². The van der Waals surface area contributed by atoms with Crippen molar-refractivity contribution in [2.75, 3.05) is 13.1 Å². The van der Waals surface area contributed by atoms with E-state index in [4.69, 9.17) is 4.74 Å². The normalized spacial score (nSPS) is 14.6. The number of nitrogens with zero attached hydrogens (tertiary/aromatic N) is 4. The molecule has 0 saturated heterocycles. The minimum Gasteiger partial charge on any atom is -0.472 e. The number of aromatic nitrogens is 3. The van der Waals surface area contributed by atoms with Crippen molar-refractivity contribution in [2.45, 2.75) is 13.0 Å². The number of nitrogens with one attached hydrogen (secondary N) is 1. The summed E-state index contributed by atoms with van der Waals surface area (Å²) in [6, 6.07) is 3.87. The summed E-state index contributed by atoms with van der Waals surface area (Å²) in [5.41, 5.74) is 1.93. The van der Waals surface area contributed by atoms with Gasteiger partial charge in [0.15, 0.2) is 0 Å². The van der Waals surface area contributed by atoms with Crippen molar-refractivity contribution in [3.05, 3.63) is 41.9 Å². The molecular weight excluding hydrogens is 254 g/mol. The average molecular weight is 271 g/mol. The molecule has 1 N–H and O–H groups in total. The lowest BCUT2D eigenvalue weighted by molar-refractivity contribution is 0.293. The number of aryl methyl sites for hydroxylation is 1. The Bertz CT molecular complexity index is 620. The van der Waals surface area contributed by atoms with Gasteiger partial charge in [-0.3, -0.25) is 9.67 Å². The highest BCUT2D eigenvalue weighted by Gasteiger charge is 2.13. The molecule has 1 aliphatic rings. The van der Waals surface area contributed by atoms with Gasteiger partial charge in [-0.15, -0.1) is 0 Å². The highest BCUT2D eigenvalue weighted by Crippen LogP contribution is 2.17. The van der Waals surface area contributed by atoms with Crippen LogP contribution in [-0.2, 0) is 13.7 Å². The molecule has 2 aromatic heterocycles. The van der Waals surface area contributed by atoms with E-state index in [-0.39, 0.29) is 0 Å². The van der Waals surface area contributed by atoms with Gasteiger partial charge in [0.1, 0.15) is 12.4 Å². The van der Waals surface area contributed by atoms with Crippen LogP contribution in [0.2, 0.25) is 0 Å². The molecule has 0 radical (unpaired) electrons. The molecule has 0 bridgehead atoms. The number of amidine groups is 1. The molecule has 2 aromatic rings. The fourth-order valence-corrected chi connectivity index (χ4v) is 2.10. The van der Waals surface area contributed by atoms with Gasteiger partial charge in [0, 0.05) is 38.1 Å². The van der Waals surface area contributed by atoms with Crippen molar-refractivity contribution in [3.63, 3.8) is 0 Å². The van der Waals surface area contributed by atoms with Gasteiger partial charge in [-0.05, 0) is 18.6 Å². The van der Waals surface area contributed by atoms with Crippen LogP contribution in [0.3, 0.4) is 0 Å². The van der Waals surface area contributed by atoms with E-state index < -0.39 is 0 Å². The Morgan fingerprint density at radius 2 is 2.40 bits per heavy atom. The second-order valence-electron chi connectivity index (χ2n) is 4.68. The Labute approximate surface area is 117 Å². The maximum Gasteiger partial charge on any atom is 0.224 e. The topological polar surface area (TPSA) is 64.3 Å². The molecule has 3 rings (SSSR count). The molecule has 3 heterocycles. The highest BCUT2D eigenvalue weighted by molar-refractivity contribution is 6.00. The minimum absolute atomic E-state index is 0.450. The van der Waals surface area contributed by atoms with Crippen LogP contribution < -0.4 is 10.1 Å². The monoisotopic (exact) mass is 271 g/mol. The number of hydrogen-bond donors (Lipinski definition) is 1. The van der Waals surface area contributed by atoms with Crippen LogP contribution in [0.25, 0.3) is 0 Å². The van der Waals surface area contributed by atoms with E-state index in [1.165, 1.54) is 0 Å². The SMILES string of the molecule is Cn1cc(COc2ncccc2C2=NCCCN2)cn1. The quantitative estimate of drug-likeness (QED) is 0.905. The Kier molecular flexibility index (Phi) is 3.62. The summed E-state index contributed by atoms with van der Waals surface area (Å²) in [5.74, 6) is 1.47. The lowest BCUT2D eigenvalue weighted by Gasteiger charge is -2.16. The standard InChI is InChI=1S/C14H17N5O/c1-19-9-11(8-18-19)10-20-14-12(4-2-5-17-14)13-15-6-3-7-16-13/h2,4-5,8-9H,3,6-7,10H2,1H3,(H,15,16). The van der Waals surface area contributed by atoms with E-state index in [9.17, 15) is 0 Å². The molecular formula is C14H17N5O. The van der Waals surface area contributed by atoms with E-state index in [0.717, 1.165) is 36.5 Å². The van der Waals surface area contributed by atoms with Gasteiger partial charge in [-0.2, -0.15) is 5.10 Å². The van der Waals surface area contributed by atoms with Gasteiger partial charge in [0.25, 0.3) is 0 Å². The average Bonchev–Trinajstić information content (AvgIpc) is 2.92. The number of rotatable bonds is 4. The molecule has 0 spiro atoms. The molecule has 0 aromatic carbocycles. The van der Waals surface area contributed by atoms with Crippen molar-refractivity contribution >= 4 is 5.84 Å². The Balaban J connectivity index is 1.77. The third kappa shape index (κ3) is 2.79. The van der Waals surface area contributed by atoms with Gasteiger partial charge in [-0.1, -0.05) is 0 Å². The summed E-state index contributed by atoms with van der Waals surface area (Å²) in [7, 11) is 1.89. The summed E-state index contributed by atoms with van der Waals surface area (Å²) in [6.07, 6.45) is 6.51. The summed E-state index contributed by atoms with van der Waals surface area (Å²) < 4.78 is 7.56. The maximum absolute atomic E-state index is 5.80. The zero-order chi connectivity index (χ0) is 13.8. The Hall–Kier alpha value is -2.37. The van der Waals surface area contributed by atoms with E-state index in [2.05, 4.69) is 20.4 Å². The van der Waals surface area contributed by atoms with Crippen molar-refractivity contribution in [1.29, 1.82) is 0 Å². The molecule has 0 amide bonds. The van der Waals surface area contributed by atoms with Crippen LogP contribution >= 0.6 is 0 Å². The first-order valence-electron chi connectivity index (χ1n) is 6.67. The van der Waals surface area contributed by atoms with E-state index in [1.807, 2.05) is 25.4 Å². The van der Waals surface area contributed by atoms with Gasteiger partial charge in [0.05, 0.1) is 11.8 Å². The van der Waals surface area contributed by atoms with Crippen LogP contribution in [0.4, 0.5) is 0 Å². The molecule has 20 heavy (non-hydrogen) atoms. The van der Waals surface area contributed by atoms with Gasteiger partial charge >= 0.3 is 0 Å². The highest BCUT2D eigenvalue weighted by atomic mass is 16.5. The van der Waals surface area contributed by atoms with Crippen LogP contribution in [0.15, 0.2) is 35.7 Å². The summed E-state index contributed by atoms with van der Waals surface area (Å²) in [6.45, 7) is 2.24. The summed E-state index contributed by atoms with van der Waals surface area (Å²) >= 11 is 0. The maximum atomic E-state index is 5.80. The van der Waals surface area contributed by atoms with E-state index in [0.29, 0.717) is 12.5 Å². The van der Waals surface area contributed by atoms with Crippen LogP contribution in [0.5, 0.6) is 5.88 Å². The molecule has 1 aliphatic heterocycles. The molecule has 0 aliphatic carbocycles. The Morgan fingerprint density at radius 3 is 3.15 bits per heavy atom. The second-order valence-corrected chi connectivity index (χ2v) is 4.68. The van der Waals surface area contributed by atoms with Crippen molar-refractivity contribution in [1.82, 2.24) is 20.1 Å². The third-order valence-corrected chi connectivity index (χ3v) is 3.06. The molecule has 6 heteroatoms. The van der Waals surface area contributed by atoms with Gasteiger partial charge in [0.2, 0.25) is 5.88 Å². The summed E-state index contributed by atoms with van der Waals surface area (Å²) in [5, 5.41) is 7.41. The largest absolute Gasteiger partial charge is 0.472 e. The fraction of sp³-hybridized carbons (Fsp3) is 0.357. The molecule has 0 fully saturated rings. The first kappa shape index (κ1) is 12.7. The zero-order valence-electron chi connectivity index (χ0n) is 11.4. The first-order valence-corrected chi connectivity index (χ1v) is 6.67. The molecule has 0 unspecified atom stereocenters. The van der Waals surface area contributed by atoms with E-state index in [1.54, 1.807) is 17.1 Å². The second kappa shape index (κ2) is 5.73. The predicted octanol–water partition coefficient (Wildman–Crippen LogP) is 1.13. The van der Waals surface area contributed by atoms with Crippen LogP contribution in [0, 0.1) is 0 Å². The van der Waals surface area contributed by atoms with Crippen LogP contribution in [0.1, 0.15) is 17.5 Å². The van der Waals surface area contributed by atoms with Crippen LogP contribution in [-0.4, -0.2) is 33.7 Å². The predicted molar refractivity (Wildman–Crippen MR) is 75.8 cm³/mol. The zero-order valence-corrected chi connectivity index (χ0v) is 11.4. The van der Waals surface area contributed by atoms with Crippen molar-refractivity contribution in [2.24, 2.45) is 12.0 Å². The molecule has 0 saturated carbocycles. The minimum atomic E-state index is 0.450. The lowest BCUT2D eigenvalue weighted by Crippen LogP contribution is -2.30. The molecule has 104 valence electrons. The third-order valence-electron chi connectivity index (χ3n) is 3.06. The van der Waals surface area contributed by atoms with Crippen molar-refractivity contribution in [3.8, 4) is 5.88 Å².